The maximum atomic E-state index is 5.85. The summed E-state index contributed by atoms with van der Waals surface area (Å²) >= 11 is 0. The SMILES string of the molecule is CC(N)C1CN(Cc2ccncn2)CCO1. The van der Waals surface area contributed by atoms with Crippen molar-refractivity contribution in [1.82, 2.24) is 14.9 Å². The van der Waals surface area contributed by atoms with E-state index in [2.05, 4.69) is 14.9 Å². The van der Waals surface area contributed by atoms with Gasteiger partial charge in [-0.25, -0.2) is 9.97 Å². The van der Waals surface area contributed by atoms with Gasteiger partial charge in [-0.05, 0) is 13.0 Å². The third-order valence-corrected chi connectivity index (χ3v) is 2.79. The van der Waals surface area contributed by atoms with Crippen LogP contribution in [0.2, 0.25) is 0 Å². The predicted molar refractivity (Wildman–Crippen MR) is 60.7 cm³/mol. The van der Waals surface area contributed by atoms with E-state index in [9.17, 15) is 0 Å². The zero-order valence-corrected chi connectivity index (χ0v) is 9.54. The summed E-state index contributed by atoms with van der Waals surface area (Å²) < 4.78 is 5.61. The molecule has 0 radical (unpaired) electrons. The fourth-order valence-electron chi connectivity index (χ4n) is 1.83. The highest BCUT2D eigenvalue weighted by molar-refractivity contribution is 4.98. The number of aromatic nitrogens is 2. The molecule has 0 amide bonds. The Labute approximate surface area is 95.6 Å². The third kappa shape index (κ3) is 2.98. The molecule has 0 saturated carbocycles. The number of nitrogens with zero attached hydrogens (tertiary/aromatic N) is 3. The number of ether oxygens (including phenoxy) is 1. The lowest BCUT2D eigenvalue weighted by molar-refractivity contribution is -0.0406. The molecule has 0 bridgehead atoms. The topological polar surface area (TPSA) is 64.3 Å². The van der Waals surface area contributed by atoms with Crippen LogP contribution in [0, 0.1) is 0 Å². The molecule has 88 valence electrons. The van der Waals surface area contributed by atoms with Crippen LogP contribution in [0.3, 0.4) is 0 Å². The molecule has 1 aromatic rings. The van der Waals surface area contributed by atoms with Crippen LogP contribution in [-0.2, 0) is 11.3 Å². The van der Waals surface area contributed by atoms with Gasteiger partial charge in [0.25, 0.3) is 0 Å². The Morgan fingerprint density at radius 2 is 2.56 bits per heavy atom. The molecule has 5 nitrogen and oxygen atoms in total. The van der Waals surface area contributed by atoms with E-state index >= 15 is 0 Å². The van der Waals surface area contributed by atoms with Gasteiger partial charge in [-0.15, -0.1) is 0 Å². The van der Waals surface area contributed by atoms with Crippen molar-refractivity contribution >= 4 is 0 Å². The van der Waals surface area contributed by atoms with Crippen LogP contribution in [0.25, 0.3) is 0 Å². The van der Waals surface area contributed by atoms with Crippen molar-refractivity contribution in [3.05, 3.63) is 24.3 Å². The Morgan fingerprint density at radius 1 is 1.69 bits per heavy atom. The second-order valence-corrected chi connectivity index (χ2v) is 4.20. The van der Waals surface area contributed by atoms with E-state index in [0.29, 0.717) is 0 Å². The number of rotatable bonds is 3. The Bertz CT molecular complexity index is 317. The molecule has 0 aliphatic carbocycles. The average Bonchev–Trinajstić information content (AvgIpc) is 2.30. The third-order valence-electron chi connectivity index (χ3n) is 2.79. The molecule has 0 spiro atoms. The van der Waals surface area contributed by atoms with Crippen LogP contribution in [0.4, 0.5) is 0 Å². The second kappa shape index (κ2) is 5.34. The highest BCUT2D eigenvalue weighted by Gasteiger charge is 2.23. The van der Waals surface area contributed by atoms with Gasteiger partial charge in [-0.1, -0.05) is 0 Å². The van der Waals surface area contributed by atoms with Crippen LogP contribution in [-0.4, -0.2) is 46.7 Å². The largest absolute Gasteiger partial charge is 0.374 e. The molecule has 1 aliphatic heterocycles. The number of hydrogen-bond acceptors (Lipinski definition) is 5. The van der Waals surface area contributed by atoms with Crippen molar-refractivity contribution in [2.24, 2.45) is 5.73 Å². The summed E-state index contributed by atoms with van der Waals surface area (Å²) in [6.45, 7) is 5.39. The summed E-state index contributed by atoms with van der Waals surface area (Å²) in [6.07, 6.45) is 3.49. The zero-order chi connectivity index (χ0) is 11.4. The van der Waals surface area contributed by atoms with Crippen LogP contribution in [0.5, 0.6) is 0 Å². The Balaban J connectivity index is 1.90. The van der Waals surface area contributed by atoms with Crippen molar-refractivity contribution in [1.29, 1.82) is 0 Å². The highest BCUT2D eigenvalue weighted by atomic mass is 16.5. The fourth-order valence-corrected chi connectivity index (χ4v) is 1.83. The summed E-state index contributed by atoms with van der Waals surface area (Å²) in [4.78, 5) is 10.4. The van der Waals surface area contributed by atoms with Crippen LogP contribution >= 0.6 is 0 Å². The van der Waals surface area contributed by atoms with Crippen LogP contribution in [0.1, 0.15) is 12.6 Å². The number of nitrogens with two attached hydrogens (primary N) is 1. The van der Waals surface area contributed by atoms with Gasteiger partial charge in [0, 0.05) is 31.9 Å². The predicted octanol–water partition coefficient (Wildman–Crippen LogP) is 0.0246. The minimum absolute atomic E-state index is 0.0770. The molecule has 1 aliphatic rings. The first-order valence-corrected chi connectivity index (χ1v) is 5.60. The standard InChI is InChI=1S/C11H18N4O/c1-9(12)11-7-15(4-5-16-11)6-10-2-3-13-8-14-10/h2-3,8-9,11H,4-7,12H2,1H3. The van der Waals surface area contributed by atoms with Crippen molar-refractivity contribution < 1.29 is 4.74 Å². The minimum atomic E-state index is 0.0770. The fraction of sp³-hybridized carbons (Fsp3) is 0.636. The molecule has 1 aromatic heterocycles. The molecule has 2 N–H and O–H groups in total. The molecule has 1 fully saturated rings. The molecule has 2 heterocycles. The molecule has 0 aromatic carbocycles. The molecule has 2 unspecified atom stereocenters. The number of hydrogen-bond donors (Lipinski definition) is 1. The van der Waals surface area contributed by atoms with E-state index in [-0.39, 0.29) is 12.1 Å². The first-order valence-electron chi connectivity index (χ1n) is 5.60. The van der Waals surface area contributed by atoms with Gasteiger partial charge in [-0.2, -0.15) is 0 Å². The minimum Gasteiger partial charge on any atom is -0.374 e. The summed E-state index contributed by atoms with van der Waals surface area (Å²) in [5.74, 6) is 0. The quantitative estimate of drug-likeness (QED) is 0.781. The Morgan fingerprint density at radius 3 is 3.25 bits per heavy atom. The van der Waals surface area contributed by atoms with Crippen molar-refractivity contribution in [2.45, 2.75) is 25.6 Å². The van der Waals surface area contributed by atoms with Gasteiger partial charge in [0.15, 0.2) is 0 Å². The van der Waals surface area contributed by atoms with Crippen LogP contribution in [0.15, 0.2) is 18.6 Å². The summed E-state index contributed by atoms with van der Waals surface area (Å²) in [5.41, 5.74) is 6.89. The van der Waals surface area contributed by atoms with E-state index in [1.54, 1.807) is 12.5 Å². The van der Waals surface area contributed by atoms with Gasteiger partial charge in [0.2, 0.25) is 0 Å². The lowest BCUT2D eigenvalue weighted by atomic mass is 10.1. The summed E-state index contributed by atoms with van der Waals surface area (Å²) in [5, 5.41) is 0. The maximum absolute atomic E-state index is 5.85. The van der Waals surface area contributed by atoms with Crippen molar-refractivity contribution in [3.63, 3.8) is 0 Å². The van der Waals surface area contributed by atoms with E-state index in [0.717, 1.165) is 31.9 Å². The van der Waals surface area contributed by atoms with Crippen molar-refractivity contribution in [2.75, 3.05) is 19.7 Å². The Hall–Kier alpha value is -1.04. The number of morpholine rings is 1. The van der Waals surface area contributed by atoms with E-state index < -0.39 is 0 Å². The lowest BCUT2D eigenvalue weighted by Crippen LogP contribution is -2.49. The molecular weight excluding hydrogens is 204 g/mol. The van der Waals surface area contributed by atoms with E-state index in [1.807, 2.05) is 13.0 Å². The van der Waals surface area contributed by atoms with Gasteiger partial charge >= 0.3 is 0 Å². The average molecular weight is 222 g/mol. The second-order valence-electron chi connectivity index (χ2n) is 4.20. The van der Waals surface area contributed by atoms with E-state index in [4.69, 9.17) is 10.5 Å². The lowest BCUT2D eigenvalue weighted by Gasteiger charge is -2.34. The molecule has 1 saturated heterocycles. The van der Waals surface area contributed by atoms with Gasteiger partial charge in [-0.3, -0.25) is 4.90 Å². The monoisotopic (exact) mass is 222 g/mol. The summed E-state index contributed by atoms with van der Waals surface area (Å²) in [6, 6.07) is 2.02. The first kappa shape index (κ1) is 11.4. The first-order chi connectivity index (χ1) is 7.75. The summed E-state index contributed by atoms with van der Waals surface area (Å²) in [7, 11) is 0. The van der Waals surface area contributed by atoms with Crippen molar-refractivity contribution in [3.8, 4) is 0 Å². The molecular formula is C11H18N4O. The van der Waals surface area contributed by atoms with Gasteiger partial charge in [0.05, 0.1) is 18.4 Å². The smallest absolute Gasteiger partial charge is 0.115 e. The highest BCUT2D eigenvalue weighted by Crippen LogP contribution is 2.10. The zero-order valence-electron chi connectivity index (χ0n) is 9.54. The van der Waals surface area contributed by atoms with Crippen LogP contribution < -0.4 is 5.73 Å². The molecule has 5 heteroatoms. The Kier molecular flexibility index (Phi) is 3.82. The van der Waals surface area contributed by atoms with E-state index in [1.165, 1.54) is 0 Å². The molecule has 2 atom stereocenters. The van der Waals surface area contributed by atoms with Gasteiger partial charge in [0.1, 0.15) is 6.33 Å². The van der Waals surface area contributed by atoms with Gasteiger partial charge < -0.3 is 10.5 Å². The molecule has 16 heavy (non-hydrogen) atoms. The molecule has 2 rings (SSSR count). The maximum Gasteiger partial charge on any atom is 0.115 e. The normalized spacial score (nSPS) is 24.2.